The molecule has 0 spiro atoms. The number of ether oxygens (including phenoxy) is 1. The van der Waals surface area contributed by atoms with Crippen molar-refractivity contribution in [3.63, 3.8) is 0 Å². The van der Waals surface area contributed by atoms with Crippen molar-refractivity contribution in [2.24, 2.45) is 0 Å². The maximum atomic E-state index is 12.2. The number of carbonyl (C=O) groups excluding carboxylic acids is 1. The second-order valence-corrected chi connectivity index (χ2v) is 6.93. The monoisotopic (exact) mass is 343 g/mol. The highest BCUT2D eigenvalue weighted by Crippen LogP contribution is 2.20. The third-order valence-electron chi connectivity index (χ3n) is 4.95. The number of morpholine rings is 1. The Morgan fingerprint density at radius 3 is 2.64 bits per heavy atom. The topological polar surface area (TPSA) is 53.6 Å². The number of allylic oxidation sites excluding steroid dienone is 1. The van der Waals surface area contributed by atoms with Crippen molar-refractivity contribution < 1.29 is 9.53 Å². The molecule has 2 N–H and O–H groups in total. The summed E-state index contributed by atoms with van der Waals surface area (Å²) in [6, 6.07) is 8.07. The van der Waals surface area contributed by atoms with E-state index in [1.165, 1.54) is 24.0 Å². The minimum absolute atomic E-state index is 0.0980. The molecule has 2 amide bonds. The van der Waals surface area contributed by atoms with Crippen LogP contribution >= 0.6 is 0 Å². The summed E-state index contributed by atoms with van der Waals surface area (Å²) in [5.74, 6) is 0. The third-order valence-corrected chi connectivity index (χ3v) is 4.95. The Balaban J connectivity index is 1.47. The number of rotatable bonds is 5. The molecule has 136 valence electrons. The number of hydrogen-bond acceptors (Lipinski definition) is 3. The summed E-state index contributed by atoms with van der Waals surface area (Å²) in [7, 11) is 0. The zero-order valence-electron chi connectivity index (χ0n) is 15.1. The van der Waals surface area contributed by atoms with Crippen LogP contribution in [0.5, 0.6) is 0 Å². The number of hydrogen-bond donors (Lipinski definition) is 2. The standard InChI is InChI=1S/C20H29N3O2/c1-16(18-5-3-2-4-6-18)21-20(24)22-19-9-7-17(8-10-19)15-23-11-13-25-14-12-23/h5,7-10,16H,2-4,6,11-15H2,1H3,(H2,21,22,24). The molecule has 0 radical (unpaired) electrons. The van der Waals surface area contributed by atoms with Gasteiger partial charge in [-0.1, -0.05) is 23.8 Å². The third kappa shape index (κ3) is 5.58. The van der Waals surface area contributed by atoms with Crippen molar-refractivity contribution in [1.82, 2.24) is 10.2 Å². The van der Waals surface area contributed by atoms with Crippen LogP contribution < -0.4 is 10.6 Å². The van der Waals surface area contributed by atoms with Gasteiger partial charge in [-0.3, -0.25) is 4.90 Å². The van der Waals surface area contributed by atoms with Gasteiger partial charge in [0.05, 0.1) is 13.2 Å². The minimum Gasteiger partial charge on any atom is -0.379 e. The van der Waals surface area contributed by atoms with Gasteiger partial charge < -0.3 is 15.4 Å². The molecule has 0 bridgehead atoms. The maximum absolute atomic E-state index is 12.2. The number of benzene rings is 1. The SMILES string of the molecule is CC(NC(=O)Nc1ccc(CN2CCOCC2)cc1)C1=CCCCC1. The fraction of sp³-hybridized carbons (Fsp3) is 0.550. The summed E-state index contributed by atoms with van der Waals surface area (Å²) in [5, 5.41) is 5.97. The van der Waals surface area contributed by atoms with Crippen LogP contribution in [0.25, 0.3) is 0 Å². The van der Waals surface area contributed by atoms with Crippen LogP contribution in [0, 0.1) is 0 Å². The number of nitrogens with zero attached hydrogens (tertiary/aromatic N) is 1. The van der Waals surface area contributed by atoms with E-state index in [1.54, 1.807) is 0 Å². The Morgan fingerprint density at radius 2 is 1.96 bits per heavy atom. The van der Waals surface area contributed by atoms with Gasteiger partial charge in [-0.25, -0.2) is 4.79 Å². The first-order chi connectivity index (χ1) is 12.2. The van der Waals surface area contributed by atoms with Gasteiger partial charge in [-0.15, -0.1) is 0 Å². The predicted octanol–water partition coefficient (Wildman–Crippen LogP) is 3.53. The number of anilines is 1. The zero-order chi connectivity index (χ0) is 17.5. The number of amides is 2. The van der Waals surface area contributed by atoms with Crippen LogP contribution in [0.1, 0.15) is 38.2 Å². The fourth-order valence-electron chi connectivity index (χ4n) is 3.42. The van der Waals surface area contributed by atoms with Gasteiger partial charge in [0.15, 0.2) is 0 Å². The first kappa shape index (κ1) is 18.0. The molecule has 2 aliphatic rings. The number of carbonyl (C=O) groups is 1. The number of urea groups is 1. The molecule has 1 fully saturated rings. The van der Waals surface area contributed by atoms with Crippen molar-refractivity contribution in [2.75, 3.05) is 31.6 Å². The summed E-state index contributed by atoms with van der Waals surface area (Å²) < 4.78 is 5.38. The molecule has 3 rings (SSSR count). The van der Waals surface area contributed by atoms with Gasteiger partial charge >= 0.3 is 6.03 Å². The molecule has 5 heteroatoms. The molecule has 0 saturated carbocycles. The van der Waals surface area contributed by atoms with E-state index in [-0.39, 0.29) is 12.1 Å². The Bertz CT molecular complexity index is 591. The Morgan fingerprint density at radius 1 is 1.20 bits per heavy atom. The van der Waals surface area contributed by atoms with E-state index in [0.717, 1.165) is 51.4 Å². The highest BCUT2D eigenvalue weighted by atomic mass is 16.5. The van der Waals surface area contributed by atoms with Crippen molar-refractivity contribution in [1.29, 1.82) is 0 Å². The Kier molecular flexibility index (Phi) is 6.48. The molecule has 1 aromatic rings. The second-order valence-electron chi connectivity index (χ2n) is 6.93. The molecule has 1 saturated heterocycles. The summed E-state index contributed by atoms with van der Waals surface area (Å²) in [6.07, 6.45) is 6.99. The summed E-state index contributed by atoms with van der Waals surface area (Å²) in [5.41, 5.74) is 3.43. The smallest absolute Gasteiger partial charge is 0.319 e. The van der Waals surface area contributed by atoms with Crippen LogP contribution in [0.3, 0.4) is 0 Å². The highest BCUT2D eigenvalue weighted by molar-refractivity contribution is 5.89. The lowest BCUT2D eigenvalue weighted by Crippen LogP contribution is -2.37. The summed E-state index contributed by atoms with van der Waals surface area (Å²) in [4.78, 5) is 14.6. The summed E-state index contributed by atoms with van der Waals surface area (Å²) in [6.45, 7) is 6.58. The average Bonchev–Trinajstić information content (AvgIpc) is 2.65. The van der Waals surface area contributed by atoms with Crippen LogP contribution in [0.15, 0.2) is 35.9 Å². The van der Waals surface area contributed by atoms with Crippen LogP contribution in [0.4, 0.5) is 10.5 Å². The van der Waals surface area contributed by atoms with Gasteiger partial charge in [0.1, 0.15) is 0 Å². The van der Waals surface area contributed by atoms with E-state index >= 15 is 0 Å². The van der Waals surface area contributed by atoms with Crippen LogP contribution in [0.2, 0.25) is 0 Å². The lowest BCUT2D eigenvalue weighted by Gasteiger charge is -2.26. The minimum atomic E-state index is -0.139. The first-order valence-electron chi connectivity index (χ1n) is 9.36. The molecule has 1 aliphatic heterocycles. The van der Waals surface area contributed by atoms with Gasteiger partial charge in [-0.2, -0.15) is 0 Å². The molecular formula is C20H29N3O2. The van der Waals surface area contributed by atoms with E-state index in [1.807, 2.05) is 12.1 Å². The average molecular weight is 343 g/mol. The Hall–Kier alpha value is -1.85. The quantitative estimate of drug-likeness (QED) is 0.804. The molecule has 1 atom stereocenters. The fourth-order valence-corrected chi connectivity index (χ4v) is 3.42. The molecule has 1 aromatic carbocycles. The van der Waals surface area contributed by atoms with Gasteiger partial charge in [0.2, 0.25) is 0 Å². The molecule has 1 aliphatic carbocycles. The van der Waals surface area contributed by atoms with Crippen molar-refractivity contribution in [3.05, 3.63) is 41.5 Å². The maximum Gasteiger partial charge on any atom is 0.319 e. The van der Waals surface area contributed by atoms with E-state index in [4.69, 9.17) is 4.74 Å². The van der Waals surface area contributed by atoms with Gasteiger partial charge in [0.25, 0.3) is 0 Å². The second kappa shape index (κ2) is 9.02. The van der Waals surface area contributed by atoms with E-state index in [9.17, 15) is 4.79 Å². The molecule has 25 heavy (non-hydrogen) atoms. The van der Waals surface area contributed by atoms with Crippen LogP contribution in [-0.4, -0.2) is 43.3 Å². The Labute approximate surface area is 150 Å². The first-order valence-corrected chi connectivity index (χ1v) is 9.36. The highest BCUT2D eigenvalue weighted by Gasteiger charge is 2.14. The van der Waals surface area contributed by atoms with E-state index in [2.05, 4.69) is 40.7 Å². The molecule has 1 unspecified atom stereocenters. The molecule has 0 aromatic heterocycles. The van der Waals surface area contributed by atoms with Crippen molar-refractivity contribution >= 4 is 11.7 Å². The molecular weight excluding hydrogens is 314 g/mol. The van der Waals surface area contributed by atoms with Crippen molar-refractivity contribution in [3.8, 4) is 0 Å². The largest absolute Gasteiger partial charge is 0.379 e. The predicted molar refractivity (Wildman–Crippen MR) is 101 cm³/mol. The lowest BCUT2D eigenvalue weighted by molar-refractivity contribution is 0.0342. The van der Waals surface area contributed by atoms with Crippen LogP contribution in [-0.2, 0) is 11.3 Å². The number of nitrogens with one attached hydrogen (secondary N) is 2. The summed E-state index contributed by atoms with van der Waals surface area (Å²) >= 11 is 0. The molecule has 1 heterocycles. The normalized spacial score (nSPS) is 19.8. The van der Waals surface area contributed by atoms with Gasteiger partial charge in [0, 0.05) is 31.4 Å². The van der Waals surface area contributed by atoms with Crippen molar-refractivity contribution in [2.45, 2.75) is 45.2 Å². The molecule has 5 nitrogen and oxygen atoms in total. The zero-order valence-corrected chi connectivity index (χ0v) is 15.1. The van der Waals surface area contributed by atoms with Gasteiger partial charge in [-0.05, 0) is 50.3 Å². The van der Waals surface area contributed by atoms with E-state index < -0.39 is 0 Å². The van der Waals surface area contributed by atoms with E-state index in [0.29, 0.717) is 0 Å². The lowest BCUT2D eigenvalue weighted by atomic mass is 9.95.